The zero-order valence-electron chi connectivity index (χ0n) is 19.6. The molecule has 0 unspecified atom stereocenters. The molecule has 6 heteroatoms. The molecule has 2 aliphatic rings. The number of hydrogen-bond donors (Lipinski definition) is 1. The summed E-state index contributed by atoms with van der Waals surface area (Å²) in [7, 11) is 2.09. The minimum atomic E-state index is 0.739. The summed E-state index contributed by atoms with van der Waals surface area (Å²) in [4.78, 5) is 9.61. The summed E-state index contributed by atoms with van der Waals surface area (Å²) >= 11 is 6.77. The lowest BCUT2D eigenvalue weighted by Crippen LogP contribution is -2.43. The van der Waals surface area contributed by atoms with Gasteiger partial charge in [-0.2, -0.15) is 0 Å². The lowest BCUT2D eigenvalue weighted by molar-refractivity contribution is 0.589. The molecule has 34 heavy (non-hydrogen) atoms. The van der Waals surface area contributed by atoms with Crippen LogP contribution in [0.1, 0.15) is 12.8 Å². The second-order valence-electron chi connectivity index (χ2n) is 9.30. The number of aromatic nitrogens is 2. The van der Waals surface area contributed by atoms with Gasteiger partial charge >= 0.3 is 0 Å². The van der Waals surface area contributed by atoms with E-state index < -0.39 is 0 Å². The number of rotatable bonds is 4. The summed E-state index contributed by atoms with van der Waals surface area (Å²) in [5, 5.41) is 5.18. The fourth-order valence-electron chi connectivity index (χ4n) is 5.49. The van der Waals surface area contributed by atoms with Crippen LogP contribution in [0.4, 0.5) is 11.4 Å². The van der Waals surface area contributed by atoms with Crippen molar-refractivity contribution in [3.63, 3.8) is 0 Å². The SMILES string of the molecule is Cn1c(-c2ccc(N3CCNCC3)cc2)c(-c2ccc(N3CCCC3)cc2)c2c(Cl)ccnc21. The minimum absolute atomic E-state index is 0.739. The molecular weight excluding hydrogens is 442 g/mol. The van der Waals surface area contributed by atoms with Gasteiger partial charge in [-0.25, -0.2) is 4.98 Å². The Balaban J connectivity index is 1.46. The van der Waals surface area contributed by atoms with E-state index in [1.165, 1.54) is 35.3 Å². The third-order valence-corrected chi connectivity index (χ3v) is 7.59. The highest BCUT2D eigenvalue weighted by molar-refractivity contribution is 6.37. The van der Waals surface area contributed by atoms with Gasteiger partial charge in [-0.3, -0.25) is 0 Å². The van der Waals surface area contributed by atoms with Crippen molar-refractivity contribution >= 4 is 34.0 Å². The van der Waals surface area contributed by atoms with Crippen LogP contribution in [0.3, 0.4) is 0 Å². The van der Waals surface area contributed by atoms with Crippen LogP contribution in [-0.2, 0) is 7.05 Å². The lowest BCUT2D eigenvalue weighted by atomic mass is 9.98. The van der Waals surface area contributed by atoms with Crippen molar-refractivity contribution in [2.24, 2.45) is 7.05 Å². The number of anilines is 2. The van der Waals surface area contributed by atoms with Gasteiger partial charge in [0.25, 0.3) is 0 Å². The van der Waals surface area contributed by atoms with Crippen molar-refractivity contribution in [3.05, 3.63) is 65.8 Å². The maximum Gasteiger partial charge on any atom is 0.142 e. The van der Waals surface area contributed by atoms with Gasteiger partial charge in [-0.1, -0.05) is 35.9 Å². The van der Waals surface area contributed by atoms with Crippen LogP contribution in [0.2, 0.25) is 5.02 Å². The molecule has 5 nitrogen and oxygen atoms in total. The van der Waals surface area contributed by atoms with Crippen LogP contribution < -0.4 is 15.1 Å². The van der Waals surface area contributed by atoms with Crippen LogP contribution in [0.15, 0.2) is 60.8 Å². The van der Waals surface area contributed by atoms with E-state index in [0.717, 1.165) is 66.6 Å². The fourth-order valence-corrected chi connectivity index (χ4v) is 5.73. The Kier molecular flexibility index (Phi) is 5.67. The van der Waals surface area contributed by atoms with Gasteiger partial charge in [0, 0.05) is 74.8 Å². The molecule has 0 bridgehead atoms. The van der Waals surface area contributed by atoms with Crippen molar-refractivity contribution in [3.8, 4) is 22.4 Å². The summed E-state index contributed by atoms with van der Waals surface area (Å²) < 4.78 is 2.19. The second-order valence-corrected chi connectivity index (χ2v) is 9.71. The van der Waals surface area contributed by atoms with Gasteiger partial charge in [0.05, 0.1) is 10.7 Å². The first-order chi connectivity index (χ1) is 16.7. The Labute approximate surface area is 206 Å². The Morgan fingerprint density at radius 1 is 0.765 bits per heavy atom. The number of fused-ring (bicyclic) bond motifs is 1. The van der Waals surface area contributed by atoms with Crippen molar-refractivity contribution in [1.29, 1.82) is 0 Å². The molecule has 174 valence electrons. The smallest absolute Gasteiger partial charge is 0.142 e. The molecule has 0 amide bonds. The lowest BCUT2D eigenvalue weighted by Gasteiger charge is -2.29. The molecule has 1 N–H and O–H groups in total. The van der Waals surface area contributed by atoms with E-state index in [4.69, 9.17) is 16.6 Å². The summed E-state index contributed by atoms with van der Waals surface area (Å²) in [6.07, 6.45) is 4.35. The number of halogens is 1. The molecule has 0 saturated carbocycles. The van der Waals surface area contributed by atoms with Crippen LogP contribution in [0.25, 0.3) is 33.4 Å². The number of piperazine rings is 1. The summed E-state index contributed by atoms with van der Waals surface area (Å²) in [5.74, 6) is 0. The molecule has 0 atom stereocenters. The zero-order chi connectivity index (χ0) is 23.1. The third kappa shape index (κ3) is 3.73. The predicted octanol–water partition coefficient (Wildman–Crippen LogP) is 5.57. The van der Waals surface area contributed by atoms with Crippen LogP contribution in [0, 0.1) is 0 Å². The number of hydrogen-bond acceptors (Lipinski definition) is 4. The fraction of sp³-hybridized carbons (Fsp3) is 0.321. The van der Waals surface area contributed by atoms with Crippen LogP contribution in [0.5, 0.6) is 0 Å². The van der Waals surface area contributed by atoms with Gasteiger partial charge < -0.3 is 19.7 Å². The molecule has 4 aromatic rings. The largest absolute Gasteiger partial charge is 0.372 e. The highest BCUT2D eigenvalue weighted by atomic mass is 35.5. The monoisotopic (exact) mass is 471 g/mol. The van der Waals surface area contributed by atoms with Gasteiger partial charge in [0.15, 0.2) is 0 Å². The number of benzene rings is 2. The molecule has 2 aromatic heterocycles. The van der Waals surface area contributed by atoms with Crippen molar-refractivity contribution in [2.45, 2.75) is 12.8 Å². The first kappa shape index (κ1) is 21.5. The van der Waals surface area contributed by atoms with Crippen LogP contribution in [-0.4, -0.2) is 48.8 Å². The van der Waals surface area contributed by atoms with E-state index in [2.05, 4.69) is 75.3 Å². The molecule has 2 saturated heterocycles. The van der Waals surface area contributed by atoms with Gasteiger partial charge in [-0.05, 0) is 54.3 Å². The van der Waals surface area contributed by atoms with Crippen LogP contribution >= 0.6 is 11.6 Å². The molecule has 0 aliphatic carbocycles. The maximum atomic E-state index is 6.77. The van der Waals surface area contributed by atoms with E-state index >= 15 is 0 Å². The average molecular weight is 472 g/mol. The Morgan fingerprint density at radius 2 is 1.35 bits per heavy atom. The number of nitrogens with one attached hydrogen (secondary N) is 1. The van der Waals surface area contributed by atoms with Crippen molar-refractivity contribution in [2.75, 3.05) is 49.1 Å². The molecule has 2 aromatic carbocycles. The number of aryl methyl sites for hydroxylation is 1. The van der Waals surface area contributed by atoms with Crippen molar-refractivity contribution in [1.82, 2.24) is 14.9 Å². The predicted molar refractivity (Wildman–Crippen MR) is 143 cm³/mol. The van der Waals surface area contributed by atoms with Gasteiger partial charge in [-0.15, -0.1) is 0 Å². The Bertz CT molecular complexity index is 1300. The third-order valence-electron chi connectivity index (χ3n) is 7.27. The van der Waals surface area contributed by atoms with E-state index in [9.17, 15) is 0 Å². The van der Waals surface area contributed by atoms with E-state index in [0.29, 0.717) is 0 Å². The van der Waals surface area contributed by atoms with Crippen molar-refractivity contribution < 1.29 is 0 Å². The molecule has 0 spiro atoms. The zero-order valence-corrected chi connectivity index (χ0v) is 20.4. The number of nitrogens with zero attached hydrogens (tertiary/aromatic N) is 4. The van der Waals surface area contributed by atoms with Gasteiger partial charge in [0.2, 0.25) is 0 Å². The standard InChI is InChI=1S/C28H30ClN5/c1-32-27(21-6-10-23(11-7-21)34-18-14-30-15-19-34)25(26-24(29)12-13-31-28(26)32)20-4-8-22(9-5-20)33-16-2-3-17-33/h4-13,30H,2-3,14-19H2,1H3. The first-order valence-corrected chi connectivity index (χ1v) is 12.6. The van der Waals surface area contributed by atoms with Gasteiger partial charge in [0.1, 0.15) is 5.65 Å². The highest BCUT2D eigenvalue weighted by Gasteiger charge is 2.22. The summed E-state index contributed by atoms with van der Waals surface area (Å²) in [6.45, 7) is 6.45. The molecule has 6 rings (SSSR count). The maximum absolute atomic E-state index is 6.77. The molecule has 0 radical (unpaired) electrons. The Morgan fingerprint density at radius 3 is 2.00 bits per heavy atom. The minimum Gasteiger partial charge on any atom is -0.372 e. The van der Waals surface area contributed by atoms with E-state index in [-0.39, 0.29) is 0 Å². The van der Waals surface area contributed by atoms with E-state index in [1.807, 2.05) is 6.07 Å². The summed E-state index contributed by atoms with van der Waals surface area (Å²) in [5.41, 5.74) is 8.13. The molecular formula is C28H30ClN5. The molecule has 2 fully saturated rings. The second kappa shape index (κ2) is 8.97. The normalized spacial score (nSPS) is 16.5. The number of pyridine rings is 1. The molecule has 2 aliphatic heterocycles. The van der Waals surface area contributed by atoms with E-state index in [1.54, 1.807) is 6.20 Å². The topological polar surface area (TPSA) is 36.3 Å². The Hall–Kier alpha value is -3.02. The highest BCUT2D eigenvalue weighted by Crippen LogP contribution is 2.43. The first-order valence-electron chi connectivity index (χ1n) is 12.2. The summed E-state index contributed by atoms with van der Waals surface area (Å²) in [6, 6.07) is 19.8. The average Bonchev–Trinajstić information content (AvgIpc) is 3.53. The molecule has 4 heterocycles. The quantitative estimate of drug-likeness (QED) is 0.422.